The number of aromatic hydroxyl groups is 1. The van der Waals surface area contributed by atoms with Gasteiger partial charge in [0.2, 0.25) is 0 Å². The minimum Gasteiger partial charge on any atom is -0.508 e. The van der Waals surface area contributed by atoms with Crippen molar-refractivity contribution < 1.29 is 18.3 Å². The number of phenols is 1. The first kappa shape index (κ1) is 18.5. The molecule has 2 aliphatic rings. The smallest absolute Gasteiger partial charge is 0.163 e. The zero-order valence-electron chi connectivity index (χ0n) is 14.5. The molecule has 3 rings (SSSR count). The molecule has 0 amide bonds. The Morgan fingerprint density at radius 2 is 2.20 bits per heavy atom. The monoisotopic (exact) mass is 382 g/mol. The summed E-state index contributed by atoms with van der Waals surface area (Å²) in [7, 11) is -3.06. The highest BCUT2D eigenvalue weighted by Gasteiger charge is 2.45. The van der Waals surface area contributed by atoms with Crippen LogP contribution in [0.5, 0.6) is 5.75 Å². The standard InChI is InChI=1S/C19H23ClO4S/c1-3-13(8-14-5-6-15(21)9-16(14)20)4-7-17-19-12(2)11-25(22,23)18(19)10-24-17/h5-6,8-9,17-18,21H,3-4,7,10-11H2,1-2H3/b13-8+/t17-,18+/m1/s1. The summed E-state index contributed by atoms with van der Waals surface area (Å²) in [4.78, 5) is 0. The Labute approximate surface area is 154 Å². The highest BCUT2D eigenvalue weighted by molar-refractivity contribution is 7.92. The van der Waals surface area contributed by atoms with Crippen molar-refractivity contribution in [2.24, 2.45) is 0 Å². The third-order valence-electron chi connectivity index (χ3n) is 5.01. The first-order valence-corrected chi connectivity index (χ1v) is 10.6. The van der Waals surface area contributed by atoms with Crippen LogP contribution >= 0.6 is 11.6 Å². The lowest BCUT2D eigenvalue weighted by Gasteiger charge is -2.14. The molecule has 1 aromatic carbocycles. The Morgan fingerprint density at radius 3 is 2.88 bits per heavy atom. The lowest BCUT2D eigenvalue weighted by Crippen LogP contribution is -2.19. The number of ether oxygens (including phenoxy) is 1. The maximum Gasteiger partial charge on any atom is 0.163 e. The second-order valence-electron chi connectivity index (χ2n) is 6.75. The van der Waals surface area contributed by atoms with Crippen molar-refractivity contribution in [2.75, 3.05) is 12.4 Å². The Balaban J connectivity index is 1.72. The average Bonchev–Trinajstić information content (AvgIpc) is 3.06. The SMILES string of the molecule is CC/C(=C\c1ccc(O)cc1Cl)CC[C@H]1OC[C@H]2C1=C(C)CS2(=O)=O. The number of benzene rings is 1. The summed E-state index contributed by atoms with van der Waals surface area (Å²) in [5.41, 5.74) is 4.04. The van der Waals surface area contributed by atoms with Gasteiger partial charge in [-0.3, -0.25) is 0 Å². The van der Waals surface area contributed by atoms with E-state index in [0.717, 1.165) is 36.0 Å². The van der Waals surface area contributed by atoms with Gasteiger partial charge in [-0.15, -0.1) is 0 Å². The van der Waals surface area contributed by atoms with Gasteiger partial charge in [0.15, 0.2) is 9.84 Å². The maximum atomic E-state index is 12.1. The van der Waals surface area contributed by atoms with Crippen LogP contribution in [0.4, 0.5) is 0 Å². The Kier molecular flexibility index (Phi) is 5.28. The van der Waals surface area contributed by atoms with Crippen molar-refractivity contribution in [1.82, 2.24) is 0 Å². The second kappa shape index (κ2) is 7.14. The zero-order valence-corrected chi connectivity index (χ0v) is 16.0. The van der Waals surface area contributed by atoms with Crippen molar-refractivity contribution in [2.45, 2.75) is 44.5 Å². The van der Waals surface area contributed by atoms with E-state index in [1.54, 1.807) is 12.1 Å². The van der Waals surface area contributed by atoms with Gasteiger partial charge >= 0.3 is 0 Å². The Morgan fingerprint density at radius 1 is 1.44 bits per heavy atom. The summed E-state index contributed by atoms with van der Waals surface area (Å²) in [5, 5.41) is 9.54. The number of sulfone groups is 1. The second-order valence-corrected chi connectivity index (χ2v) is 9.34. The summed E-state index contributed by atoms with van der Waals surface area (Å²) in [6.07, 6.45) is 4.41. The number of halogens is 1. The molecule has 1 fully saturated rings. The van der Waals surface area contributed by atoms with E-state index in [-0.39, 0.29) is 24.2 Å². The fourth-order valence-electron chi connectivity index (χ4n) is 3.68. The molecule has 0 radical (unpaired) electrons. The van der Waals surface area contributed by atoms with Crippen LogP contribution in [0.2, 0.25) is 5.02 Å². The van der Waals surface area contributed by atoms with Gasteiger partial charge in [-0.25, -0.2) is 8.42 Å². The molecule has 0 spiro atoms. The molecule has 6 heteroatoms. The number of hydrogen-bond donors (Lipinski definition) is 1. The number of fused-ring (bicyclic) bond motifs is 1. The summed E-state index contributed by atoms with van der Waals surface area (Å²) in [6, 6.07) is 4.95. The predicted octanol–water partition coefficient (Wildman–Crippen LogP) is 4.13. The molecule has 0 unspecified atom stereocenters. The molecule has 0 aliphatic carbocycles. The summed E-state index contributed by atoms with van der Waals surface area (Å²) in [5.74, 6) is 0.322. The van der Waals surface area contributed by atoms with Gasteiger partial charge in [0.25, 0.3) is 0 Å². The number of phenolic OH excluding ortho intramolecular Hbond substituents is 1. The van der Waals surface area contributed by atoms with Crippen molar-refractivity contribution in [3.63, 3.8) is 0 Å². The summed E-state index contributed by atoms with van der Waals surface area (Å²) >= 11 is 6.18. The molecule has 0 bridgehead atoms. The molecule has 4 nitrogen and oxygen atoms in total. The normalized spacial score (nSPS) is 25.5. The largest absolute Gasteiger partial charge is 0.508 e. The minimum absolute atomic E-state index is 0.104. The number of rotatable bonds is 5. The van der Waals surface area contributed by atoms with E-state index in [9.17, 15) is 13.5 Å². The average molecular weight is 383 g/mol. The van der Waals surface area contributed by atoms with E-state index in [0.29, 0.717) is 5.02 Å². The minimum atomic E-state index is -3.06. The molecule has 2 heterocycles. The van der Waals surface area contributed by atoms with E-state index >= 15 is 0 Å². The van der Waals surface area contributed by atoms with Crippen LogP contribution in [0.3, 0.4) is 0 Å². The van der Waals surface area contributed by atoms with Gasteiger partial charge < -0.3 is 9.84 Å². The zero-order chi connectivity index (χ0) is 18.2. The van der Waals surface area contributed by atoms with Crippen LogP contribution in [0, 0.1) is 0 Å². The fourth-order valence-corrected chi connectivity index (χ4v) is 5.91. The molecule has 0 saturated carbocycles. The van der Waals surface area contributed by atoms with Gasteiger partial charge in [0.1, 0.15) is 11.0 Å². The van der Waals surface area contributed by atoms with Gasteiger partial charge in [0, 0.05) is 0 Å². The quantitative estimate of drug-likeness (QED) is 0.777. The van der Waals surface area contributed by atoms with Gasteiger partial charge in [-0.1, -0.05) is 35.7 Å². The molecular formula is C19H23ClO4S. The summed E-state index contributed by atoms with van der Waals surface area (Å²) < 4.78 is 30.1. The third-order valence-corrected chi connectivity index (χ3v) is 7.43. The van der Waals surface area contributed by atoms with E-state index in [1.165, 1.54) is 11.6 Å². The molecular weight excluding hydrogens is 360 g/mol. The first-order chi connectivity index (χ1) is 11.8. The van der Waals surface area contributed by atoms with Gasteiger partial charge in [-0.05, 0) is 55.5 Å². The van der Waals surface area contributed by atoms with Gasteiger partial charge in [-0.2, -0.15) is 0 Å². The molecule has 0 aromatic heterocycles. The molecule has 1 aromatic rings. The van der Waals surface area contributed by atoms with Crippen LogP contribution in [-0.2, 0) is 14.6 Å². The van der Waals surface area contributed by atoms with Crippen LogP contribution in [0.15, 0.2) is 34.9 Å². The Bertz CT molecular complexity index is 839. The highest BCUT2D eigenvalue weighted by Crippen LogP contribution is 2.38. The molecule has 1 saturated heterocycles. The van der Waals surface area contributed by atoms with Crippen LogP contribution in [0.1, 0.15) is 38.7 Å². The van der Waals surface area contributed by atoms with Crippen LogP contribution in [-0.4, -0.2) is 37.2 Å². The van der Waals surface area contributed by atoms with E-state index in [2.05, 4.69) is 6.92 Å². The topological polar surface area (TPSA) is 63.6 Å². The molecule has 1 N–H and O–H groups in total. The number of hydrogen-bond acceptors (Lipinski definition) is 4. The predicted molar refractivity (Wildman–Crippen MR) is 101 cm³/mol. The third kappa shape index (κ3) is 3.78. The van der Waals surface area contributed by atoms with E-state index in [1.807, 2.05) is 13.0 Å². The summed E-state index contributed by atoms with van der Waals surface area (Å²) in [6.45, 7) is 4.28. The lowest BCUT2D eigenvalue weighted by molar-refractivity contribution is 0.117. The molecule has 2 atom stereocenters. The van der Waals surface area contributed by atoms with Crippen molar-refractivity contribution in [3.05, 3.63) is 45.5 Å². The van der Waals surface area contributed by atoms with E-state index < -0.39 is 15.1 Å². The number of allylic oxidation sites excluding steroid dienone is 1. The van der Waals surface area contributed by atoms with Crippen LogP contribution < -0.4 is 0 Å². The van der Waals surface area contributed by atoms with Crippen molar-refractivity contribution in [1.29, 1.82) is 0 Å². The molecule has 2 aliphatic heterocycles. The van der Waals surface area contributed by atoms with Gasteiger partial charge in [0.05, 0.1) is 23.5 Å². The van der Waals surface area contributed by atoms with Crippen LogP contribution in [0.25, 0.3) is 6.08 Å². The van der Waals surface area contributed by atoms with Crippen molar-refractivity contribution in [3.8, 4) is 5.75 Å². The first-order valence-electron chi connectivity index (χ1n) is 8.52. The molecule has 136 valence electrons. The molecule has 25 heavy (non-hydrogen) atoms. The fraction of sp³-hybridized carbons (Fsp3) is 0.474. The van der Waals surface area contributed by atoms with Crippen molar-refractivity contribution >= 4 is 27.5 Å². The Hall–Kier alpha value is -1.30. The maximum absolute atomic E-state index is 12.1. The van der Waals surface area contributed by atoms with E-state index in [4.69, 9.17) is 16.3 Å². The highest BCUT2D eigenvalue weighted by atomic mass is 35.5. The lowest BCUT2D eigenvalue weighted by atomic mass is 9.96.